The minimum Gasteiger partial charge on any atom is -0.339 e. The Kier molecular flexibility index (Phi) is 4.85. The number of carbonyl (C=O) groups excluding carboxylic acids is 1. The molecule has 1 saturated carbocycles. The lowest BCUT2D eigenvalue weighted by Gasteiger charge is -2.24. The average molecular weight is 350 g/mol. The molecule has 0 bridgehead atoms. The summed E-state index contributed by atoms with van der Waals surface area (Å²) >= 11 is 5.97. The van der Waals surface area contributed by atoms with Gasteiger partial charge in [0.15, 0.2) is 0 Å². The maximum absolute atomic E-state index is 12.5. The molecular formula is C14H17Cl2NO3S. The van der Waals surface area contributed by atoms with E-state index in [0.717, 1.165) is 25.7 Å². The van der Waals surface area contributed by atoms with Gasteiger partial charge in [0.2, 0.25) is 0 Å². The fourth-order valence-electron chi connectivity index (χ4n) is 2.70. The van der Waals surface area contributed by atoms with E-state index in [2.05, 4.69) is 0 Å². The normalized spacial score (nSPS) is 16.2. The smallest absolute Gasteiger partial charge is 0.262 e. The molecule has 1 fully saturated rings. The van der Waals surface area contributed by atoms with E-state index in [1.165, 1.54) is 6.07 Å². The number of hydrogen-bond acceptors (Lipinski definition) is 3. The van der Waals surface area contributed by atoms with Gasteiger partial charge in [-0.3, -0.25) is 4.79 Å². The minimum absolute atomic E-state index is 0.0602. The zero-order chi connectivity index (χ0) is 15.8. The van der Waals surface area contributed by atoms with Crippen LogP contribution in [0.1, 0.15) is 41.6 Å². The van der Waals surface area contributed by atoms with Crippen LogP contribution in [-0.4, -0.2) is 32.3 Å². The van der Waals surface area contributed by atoms with Crippen LogP contribution in [0, 0.1) is 6.92 Å². The first kappa shape index (κ1) is 16.6. The molecule has 1 amide bonds. The summed E-state index contributed by atoms with van der Waals surface area (Å²) in [6.07, 6.45) is 4.19. The summed E-state index contributed by atoms with van der Waals surface area (Å²) in [5, 5.41) is 0.0602. The Balaban J connectivity index is 2.40. The number of benzene rings is 1. The molecule has 1 aromatic carbocycles. The molecule has 0 aromatic heterocycles. The molecule has 0 atom stereocenters. The van der Waals surface area contributed by atoms with Crippen LogP contribution in [0.5, 0.6) is 0 Å². The van der Waals surface area contributed by atoms with Crippen LogP contribution >= 0.6 is 22.3 Å². The third-order valence-corrected chi connectivity index (χ3v) is 5.88. The molecule has 116 valence electrons. The summed E-state index contributed by atoms with van der Waals surface area (Å²) < 4.78 is 23.1. The van der Waals surface area contributed by atoms with Crippen molar-refractivity contribution < 1.29 is 13.2 Å². The second-order valence-electron chi connectivity index (χ2n) is 5.40. The van der Waals surface area contributed by atoms with E-state index in [1.54, 1.807) is 24.9 Å². The quantitative estimate of drug-likeness (QED) is 0.783. The highest BCUT2D eigenvalue weighted by molar-refractivity contribution is 8.13. The summed E-state index contributed by atoms with van der Waals surface area (Å²) in [5.74, 6) is -0.205. The average Bonchev–Trinajstić information content (AvgIpc) is 2.92. The maximum atomic E-state index is 12.5. The Bertz CT molecular complexity index is 667. The van der Waals surface area contributed by atoms with E-state index in [0.29, 0.717) is 11.1 Å². The van der Waals surface area contributed by atoms with Crippen molar-refractivity contribution in [1.29, 1.82) is 0 Å². The second kappa shape index (κ2) is 6.15. The SMILES string of the molecule is Cc1cc(C(=O)N(C)C2CCCC2)cc(S(=O)(=O)Cl)c1Cl. The summed E-state index contributed by atoms with van der Waals surface area (Å²) in [4.78, 5) is 14.0. The van der Waals surface area contributed by atoms with Crippen molar-refractivity contribution in [3.05, 3.63) is 28.3 Å². The largest absolute Gasteiger partial charge is 0.339 e. The molecule has 1 aliphatic carbocycles. The van der Waals surface area contributed by atoms with Crippen LogP contribution in [0.15, 0.2) is 17.0 Å². The van der Waals surface area contributed by atoms with Crippen molar-refractivity contribution in [1.82, 2.24) is 4.90 Å². The van der Waals surface area contributed by atoms with Gasteiger partial charge in [-0.15, -0.1) is 0 Å². The van der Waals surface area contributed by atoms with Gasteiger partial charge in [0.1, 0.15) is 4.90 Å². The van der Waals surface area contributed by atoms with Crippen molar-refractivity contribution in [2.75, 3.05) is 7.05 Å². The second-order valence-corrected chi connectivity index (χ2v) is 8.31. The van der Waals surface area contributed by atoms with Crippen LogP contribution in [0.3, 0.4) is 0 Å². The van der Waals surface area contributed by atoms with Crippen LogP contribution in [0.25, 0.3) is 0 Å². The van der Waals surface area contributed by atoms with E-state index < -0.39 is 9.05 Å². The number of carbonyl (C=O) groups is 1. The zero-order valence-electron chi connectivity index (χ0n) is 11.9. The molecule has 0 heterocycles. The van der Waals surface area contributed by atoms with Crippen LogP contribution in [0.2, 0.25) is 5.02 Å². The van der Waals surface area contributed by atoms with Crippen LogP contribution in [-0.2, 0) is 9.05 Å². The highest BCUT2D eigenvalue weighted by Crippen LogP contribution is 2.30. The first-order chi connectivity index (χ1) is 9.71. The topological polar surface area (TPSA) is 54.5 Å². The van der Waals surface area contributed by atoms with E-state index in [1.807, 2.05) is 0 Å². The van der Waals surface area contributed by atoms with Gasteiger partial charge in [-0.25, -0.2) is 8.42 Å². The van der Waals surface area contributed by atoms with E-state index >= 15 is 0 Å². The lowest BCUT2D eigenvalue weighted by Crippen LogP contribution is -2.35. The van der Waals surface area contributed by atoms with E-state index in [4.69, 9.17) is 22.3 Å². The maximum Gasteiger partial charge on any atom is 0.262 e. The Morgan fingerprint density at radius 2 is 1.86 bits per heavy atom. The first-order valence-corrected chi connectivity index (χ1v) is 9.42. The number of hydrogen-bond donors (Lipinski definition) is 0. The summed E-state index contributed by atoms with van der Waals surface area (Å²) in [6.45, 7) is 1.65. The third-order valence-electron chi connectivity index (χ3n) is 3.92. The Morgan fingerprint density at radius 3 is 2.38 bits per heavy atom. The monoisotopic (exact) mass is 349 g/mol. The molecule has 0 aliphatic heterocycles. The Labute approximate surface area is 134 Å². The van der Waals surface area contributed by atoms with Crippen LogP contribution in [0.4, 0.5) is 0 Å². The Morgan fingerprint density at radius 1 is 1.29 bits per heavy atom. The van der Waals surface area contributed by atoms with Crippen molar-refractivity contribution in [3.63, 3.8) is 0 Å². The van der Waals surface area contributed by atoms with Gasteiger partial charge in [-0.1, -0.05) is 24.4 Å². The molecule has 4 nitrogen and oxygen atoms in total. The first-order valence-electron chi connectivity index (χ1n) is 6.74. The van der Waals surface area contributed by atoms with Gasteiger partial charge in [0, 0.05) is 29.3 Å². The summed E-state index contributed by atoms with van der Waals surface area (Å²) in [6, 6.07) is 3.07. The van der Waals surface area contributed by atoms with Gasteiger partial charge in [-0.2, -0.15) is 0 Å². The molecule has 0 radical (unpaired) electrons. The van der Waals surface area contributed by atoms with Gasteiger partial charge >= 0.3 is 0 Å². The van der Waals surface area contributed by atoms with Crippen molar-refractivity contribution in [3.8, 4) is 0 Å². The fourth-order valence-corrected chi connectivity index (χ4v) is 4.24. The number of aryl methyl sites for hydroxylation is 1. The predicted octanol–water partition coefficient (Wildman–Crippen LogP) is 3.59. The lowest BCUT2D eigenvalue weighted by atomic mass is 10.1. The van der Waals surface area contributed by atoms with Crippen molar-refractivity contribution in [2.24, 2.45) is 0 Å². The van der Waals surface area contributed by atoms with Crippen molar-refractivity contribution in [2.45, 2.75) is 43.5 Å². The molecule has 1 aromatic rings. The molecule has 0 N–H and O–H groups in total. The van der Waals surface area contributed by atoms with Crippen molar-refractivity contribution >= 4 is 37.2 Å². The molecule has 0 spiro atoms. The highest BCUT2D eigenvalue weighted by atomic mass is 35.7. The molecular weight excluding hydrogens is 333 g/mol. The molecule has 1 aliphatic rings. The number of nitrogens with zero attached hydrogens (tertiary/aromatic N) is 1. The standard InChI is InChI=1S/C14H17Cl2NO3S/c1-9-7-10(8-12(13(9)15)21(16,19)20)14(18)17(2)11-5-3-4-6-11/h7-8,11H,3-6H2,1-2H3. The molecule has 2 rings (SSSR count). The van der Waals surface area contributed by atoms with Gasteiger partial charge < -0.3 is 4.90 Å². The summed E-state index contributed by atoms with van der Waals surface area (Å²) in [5.41, 5.74) is 0.812. The van der Waals surface area contributed by atoms with E-state index in [-0.39, 0.29) is 21.9 Å². The summed E-state index contributed by atoms with van der Waals surface area (Å²) in [7, 11) is 3.14. The number of halogens is 2. The van der Waals surface area contributed by atoms with E-state index in [9.17, 15) is 13.2 Å². The third kappa shape index (κ3) is 3.52. The molecule has 0 unspecified atom stereocenters. The lowest BCUT2D eigenvalue weighted by molar-refractivity contribution is 0.0735. The number of rotatable bonds is 3. The zero-order valence-corrected chi connectivity index (χ0v) is 14.2. The predicted molar refractivity (Wildman–Crippen MR) is 83.6 cm³/mol. The van der Waals surface area contributed by atoms with Crippen LogP contribution < -0.4 is 0 Å². The molecule has 0 saturated heterocycles. The number of amides is 1. The molecule has 7 heteroatoms. The van der Waals surface area contributed by atoms with Gasteiger partial charge in [0.05, 0.1) is 5.02 Å². The minimum atomic E-state index is -3.99. The highest BCUT2D eigenvalue weighted by Gasteiger charge is 2.26. The fraction of sp³-hybridized carbons (Fsp3) is 0.500. The van der Waals surface area contributed by atoms with Gasteiger partial charge in [0.25, 0.3) is 15.0 Å². The van der Waals surface area contributed by atoms with Gasteiger partial charge in [-0.05, 0) is 37.5 Å². The Hall–Kier alpha value is -0.780. The molecule has 21 heavy (non-hydrogen) atoms.